The van der Waals surface area contributed by atoms with Gasteiger partial charge in [0.25, 0.3) is 11.6 Å². The Morgan fingerprint density at radius 2 is 1.84 bits per heavy atom. The highest BCUT2D eigenvalue weighted by molar-refractivity contribution is 5.99. The summed E-state index contributed by atoms with van der Waals surface area (Å²) in [6.07, 6.45) is 0.953. The van der Waals surface area contributed by atoms with E-state index in [2.05, 4.69) is 15.1 Å². The van der Waals surface area contributed by atoms with Crippen molar-refractivity contribution in [1.82, 2.24) is 9.80 Å². The molecule has 166 valence electrons. The van der Waals surface area contributed by atoms with E-state index >= 15 is 0 Å². The average Bonchev–Trinajstić information content (AvgIpc) is 2.77. The van der Waals surface area contributed by atoms with Crippen molar-refractivity contribution in [3.05, 3.63) is 63.7 Å². The number of nitrogens with zero attached hydrogens (tertiary/aromatic N) is 4. The molecule has 0 aromatic heterocycles. The lowest BCUT2D eigenvalue weighted by atomic mass is 10.1. The number of nitro benzene ring substituents is 1. The van der Waals surface area contributed by atoms with E-state index in [1.807, 2.05) is 37.3 Å². The summed E-state index contributed by atoms with van der Waals surface area (Å²) in [4.78, 5) is 29.5. The topological polar surface area (TPSA) is 82.0 Å². The first-order valence-corrected chi connectivity index (χ1v) is 10.6. The zero-order chi connectivity index (χ0) is 22.4. The van der Waals surface area contributed by atoms with Gasteiger partial charge in [-0.05, 0) is 38.1 Å². The molecule has 0 atom stereocenters. The summed E-state index contributed by atoms with van der Waals surface area (Å²) < 4.78 is 0. The van der Waals surface area contributed by atoms with Gasteiger partial charge in [-0.1, -0.05) is 23.8 Å². The normalized spacial score (nSPS) is 14.4. The number of anilines is 2. The second-order valence-corrected chi connectivity index (χ2v) is 8.10. The van der Waals surface area contributed by atoms with Gasteiger partial charge in [-0.25, -0.2) is 0 Å². The van der Waals surface area contributed by atoms with Gasteiger partial charge < -0.3 is 15.1 Å². The molecule has 1 amide bonds. The molecule has 3 rings (SSSR count). The quantitative estimate of drug-likeness (QED) is 0.397. The van der Waals surface area contributed by atoms with Crippen molar-refractivity contribution >= 4 is 23.0 Å². The van der Waals surface area contributed by atoms with E-state index in [1.165, 1.54) is 0 Å². The van der Waals surface area contributed by atoms with E-state index in [0.29, 0.717) is 11.3 Å². The largest absolute Gasteiger partial charge is 0.384 e. The number of carbonyl (C=O) groups excluding carboxylic acids is 1. The lowest BCUT2D eigenvalue weighted by Crippen LogP contribution is -2.47. The second-order valence-electron chi connectivity index (χ2n) is 8.10. The van der Waals surface area contributed by atoms with Crippen LogP contribution < -0.4 is 10.2 Å². The number of hydrogen-bond acceptors (Lipinski definition) is 6. The van der Waals surface area contributed by atoms with Gasteiger partial charge in [0.1, 0.15) is 5.69 Å². The molecule has 8 nitrogen and oxygen atoms in total. The number of aryl methyl sites for hydroxylation is 1. The predicted octanol–water partition coefficient (Wildman–Crippen LogP) is 3.23. The lowest BCUT2D eigenvalue weighted by molar-refractivity contribution is -0.384. The Bertz CT molecular complexity index is 923. The number of carbonyl (C=O) groups is 1. The van der Waals surface area contributed by atoms with E-state index in [4.69, 9.17) is 0 Å². The van der Waals surface area contributed by atoms with Gasteiger partial charge >= 0.3 is 0 Å². The van der Waals surface area contributed by atoms with Crippen LogP contribution in [0.15, 0.2) is 42.5 Å². The third kappa shape index (κ3) is 5.73. The molecule has 2 aromatic carbocycles. The molecule has 1 N–H and O–H groups in total. The molecule has 1 heterocycles. The number of amides is 1. The molecule has 2 aromatic rings. The fourth-order valence-corrected chi connectivity index (χ4v) is 3.85. The highest BCUT2D eigenvalue weighted by Crippen LogP contribution is 2.28. The van der Waals surface area contributed by atoms with Crippen molar-refractivity contribution < 1.29 is 9.72 Å². The first-order chi connectivity index (χ1) is 14.9. The minimum absolute atomic E-state index is 0.00247. The van der Waals surface area contributed by atoms with Gasteiger partial charge in [0, 0.05) is 58.6 Å². The SMILES string of the molecule is Cc1ccc(NCCCN2CCN(c3ccccc3[N+](=O)[O-])CC2)c(C(=O)N(C)C)c1. The average molecular weight is 426 g/mol. The summed E-state index contributed by atoms with van der Waals surface area (Å²) in [5.74, 6) is -0.00247. The van der Waals surface area contributed by atoms with Gasteiger partial charge in [-0.3, -0.25) is 19.8 Å². The fraction of sp³-hybridized carbons (Fsp3) is 0.435. The molecule has 0 bridgehead atoms. The summed E-state index contributed by atoms with van der Waals surface area (Å²) in [6, 6.07) is 12.8. The van der Waals surface area contributed by atoms with Crippen LogP contribution in [0.25, 0.3) is 0 Å². The number of benzene rings is 2. The Hall–Kier alpha value is -3.13. The molecule has 1 aliphatic heterocycles. The van der Waals surface area contributed by atoms with Crippen molar-refractivity contribution in [2.75, 3.05) is 63.6 Å². The van der Waals surface area contributed by atoms with Crippen LogP contribution in [-0.4, -0.2) is 74.0 Å². The van der Waals surface area contributed by atoms with E-state index in [0.717, 1.165) is 56.9 Å². The van der Waals surface area contributed by atoms with Crippen molar-refractivity contribution in [3.63, 3.8) is 0 Å². The van der Waals surface area contributed by atoms with Gasteiger partial charge in [0.15, 0.2) is 0 Å². The van der Waals surface area contributed by atoms with Crippen molar-refractivity contribution in [3.8, 4) is 0 Å². The maximum atomic E-state index is 12.4. The molecule has 0 radical (unpaired) electrons. The maximum Gasteiger partial charge on any atom is 0.292 e. The summed E-state index contributed by atoms with van der Waals surface area (Å²) in [7, 11) is 3.52. The Kier molecular flexibility index (Phi) is 7.46. The van der Waals surface area contributed by atoms with E-state index < -0.39 is 0 Å². The summed E-state index contributed by atoms with van der Waals surface area (Å²) in [5, 5.41) is 14.7. The molecule has 0 spiro atoms. The summed E-state index contributed by atoms with van der Waals surface area (Å²) in [5.41, 5.74) is 3.49. The molecule has 0 unspecified atom stereocenters. The zero-order valence-electron chi connectivity index (χ0n) is 18.5. The van der Waals surface area contributed by atoms with E-state index in [-0.39, 0.29) is 16.5 Å². The Morgan fingerprint density at radius 3 is 2.52 bits per heavy atom. The number of rotatable bonds is 8. The van der Waals surface area contributed by atoms with E-state index in [9.17, 15) is 14.9 Å². The highest BCUT2D eigenvalue weighted by Gasteiger charge is 2.23. The van der Waals surface area contributed by atoms with Crippen LogP contribution in [0.4, 0.5) is 17.1 Å². The standard InChI is InChI=1S/C23H31N5O3/c1-18-9-10-20(19(17-18)23(29)25(2)3)24-11-6-12-26-13-15-27(16-14-26)21-7-4-5-8-22(21)28(30)31/h4-5,7-10,17,24H,6,11-16H2,1-3H3. The third-order valence-electron chi connectivity index (χ3n) is 5.57. The minimum Gasteiger partial charge on any atom is -0.384 e. The van der Waals surface area contributed by atoms with Crippen LogP contribution in [0, 0.1) is 17.0 Å². The molecule has 1 aliphatic rings. The van der Waals surface area contributed by atoms with Crippen LogP contribution in [0.3, 0.4) is 0 Å². The molecule has 8 heteroatoms. The van der Waals surface area contributed by atoms with Crippen LogP contribution in [0.5, 0.6) is 0 Å². The Balaban J connectivity index is 1.48. The minimum atomic E-state index is -0.312. The molecular weight excluding hydrogens is 394 g/mol. The molecule has 0 saturated carbocycles. The van der Waals surface area contributed by atoms with Crippen molar-refractivity contribution in [2.45, 2.75) is 13.3 Å². The number of para-hydroxylation sites is 2. The molecule has 31 heavy (non-hydrogen) atoms. The highest BCUT2D eigenvalue weighted by atomic mass is 16.6. The summed E-state index contributed by atoms with van der Waals surface area (Å²) >= 11 is 0. The lowest BCUT2D eigenvalue weighted by Gasteiger charge is -2.35. The van der Waals surface area contributed by atoms with Crippen LogP contribution in [0.1, 0.15) is 22.3 Å². The van der Waals surface area contributed by atoms with Crippen LogP contribution >= 0.6 is 0 Å². The maximum absolute atomic E-state index is 12.4. The fourth-order valence-electron chi connectivity index (χ4n) is 3.85. The van der Waals surface area contributed by atoms with Gasteiger partial charge in [0.05, 0.1) is 10.5 Å². The van der Waals surface area contributed by atoms with Gasteiger partial charge in [0.2, 0.25) is 0 Å². The number of piperazine rings is 1. The predicted molar refractivity (Wildman–Crippen MR) is 124 cm³/mol. The van der Waals surface area contributed by atoms with Crippen LogP contribution in [0.2, 0.25) is 0 Å². The number of hydrogen-bond donors (Lipinski definition) is 1. The Labute approximate surface area is 183 Å². The zero-order valence-corrected chi connectivity index (χ0v) is 18.5. The van der Waals surface area contributed by atoms with E-state index in [1.54, 1.807) is 31.1 Å². The van der Waals surface area contributed by atoms with Crippen molar-refractivity contribution in [2.24, 2.45) is 0 Å². The summed E-state index contributed by atoms with van der Waals surface area (Å²) in [6.45, 7) is 7.01. The van der Waals surface area contributed by atoms with Crippen molar-refractivity contribution in [1.29, 1.82) is 0 Å². The van der Waals surface area contributed by atoms with Crippen LogP contribution in [-0.2, 0) is 0 Å². The number of nitrogens with one attached hydrogen (secondary N) is 1. The Morgan fingerprint density at radius 1 is 1.13 bits per heavy atom. The molecular formula is C23H31N5O3. The third-order valence-corrected chi connectivity index (χ3v) is 5.57. The molecule has 1 saturated heterocycles. The molecule has 0 aliphatic carbocycles. The van der Waals surface area contributed by atoms with Gasteiger partial charge in [-0.2, -0.15) is 0 Å². The molecule has 1 fully saturated rings. The first kappa shape index (κ1) is 22.6. The first-order valence-electron chi connectivity index (χ1n) is 10.6. The second kappa shape index (κ2) is 10.3. The van der Waals surface area contributed by atoms with Gasteiger partial charge in [-0.15, -0.1) is 0 Å². The monoisotopic (exact) mass is 425 g/mol. The number of nitro groups is 1. The smallest absolute Gasteiger partial charge is 0.292 e.